The molecule has 7 nitrogen and oxygen atoms in total. The topological polar surface area (TPSA) is 132 Å². The molecule has 1 unspecified atom stereocenters. The zero-order chi connectivity index (χ0) is 28.1. The van der Waals surface area contributed by atoms with E-state index in [4.69, 9.17) is 0 Å². The van der Waals surface area contributed by atoms with Crippen molar-refractivity contribution in [2.45, 2.75) is 117 Å². The van der Waals surface area contributed by atoms with E-state index in [0.717, 1.165) is 5.57 Å². The molecule has 4 aliphatic carbocycles. The summed E-state index contributed by atoms with van der Waals surface area (Å²) < 4.78 is 0. The van der Waals surface area contributed by atoms with Crippen molar-refractivity contribution in [3.63, 3.8) is 0 Å². The maximum Gasteiger partial charge on any atom is 0.170 e. The number of fused-ring (bicyclic) bond motifs is 5. The van der Waals surface area contributed by atoms with Crippen LogP contribution in [-0.4, -0.2) is 61.2 Å². The summed E-state index contributed by atoms with van der Waals surface area (Å²) >= 11 is 0. The van der Waals surface area contributed by atoms with Gasteiger partial charge < -0.3 is 20.4 Å². The van der Waals surface area contributed by atoms with Crippen LogP contribution >= 0.6 is 0 Å². The van der Waals surface area contributed by atoms with Crippen LogP contribution in [0.4, 0.5) is 0 Å². The lowest BCUT2D eigenvalue weighted by molar-refractivity contribution is -0.185. The first kappa shape index (κ1) is 28.6. The number of rotatable bonds is 5. The molecule has 0 bridgehead atoms. The number of carbonyl (C=O) groups is 3. The van der Waals surface area contributed by atoms with Gasteiger partial charge in [-0.05, 0) is 83.0 Å². The van der Waals surface area contributed by atoms with Gasteiger partial charge in [0.1, 0.15) is 17.5 Å². The highest BCUT2D eigenvalue weighted by Gasteiger charge is 2.74. The van der Waals surface area contributed by atoms with Crippen LogP contribution in [0.1, 0.15) is 93.9 Å². The van der Waals surface area contributed by atoms with Crippen LogP contribution < -0.4 is 0 Å². The van der Waals surface area contributed by atoms with E-state index in [1.54, 1.807) is 13.8 Å². The van der Waals surface area contributed by atoms with Crippen molar-refractivity contribution < 1.29 is 34.8 Å². The number of hydrogen-bond donors (Lipinski definition) is 4. The number of aliphatic hydroxyl groups is 4. The first-order valence-electron chi connectivity index (χ1n) is 13.8. The van der Waals surface area contributed by atoms with Gasteiger partial charge in [0.25, 0.3) is 0 Å². The molecule has 0 aromatic heterocycles. The predicted molar refractivity (Wildman–Crippen MR) is 138 cm³/mol. The van der Waals surface area contributed by atoms with E-state index in [2.05, 4.69) is 13.0 Å². The van der Waals surface area contributed by atoms with Gasteiger partial charge >= 0.3 is 0 Å². The molecule has 0 spiro atoms. The zero-order valence-corrected chi connectivity index (χ0v) is 23.7. The normalized spacial score (nSPS) is 44.9. The van der Waals surface area contributed by atoms with Crippen molar-refractivity contribution in [1.82, 2.24) is 0 Å². The van der Waals surface area contributed by atoms with Crippen LogP contribution in [-0.2, 0) is 14.4 Å². The Labute approximate surface area is 220 Å². The molecular weight excluding hydrogens is 472 g/mol. The van der Waals surface area contributed by atoms with E-state index in [1.165, 1.54) is 6.92 Å². The van der Waals surface area contributed by atoms with Crippen molar-refractivity contribution in [3.8, 4) is 0 Å². The average molecular weight is 519 g/mol. The van der Waals surface area contributed by atoms with Crippen LogP contribution in [0.15, 0.2) is 11.6 Å². The largest absolute Gasteiger partial charge is 0.393 e. The third kappa shape index (κ3) is 3.78. The first-order valence-corrected chi connectivity index (χ1v) is 13.8. The predicted octanol–water partition coefficient (Wildman–Crippen LogP) is 3.15. The summed E-state index contributed by atoms with van der Waals surface area (Å²) in [6, 6.07) is 0. The van der Waals surface area contributed by atoms with Crippen molar-refractivity contribution in [1.29, 1.82) is 0 Å². The van der Waals surface area contributed by atoms with Gasteiger partial charge in [-0.1, -0.05) is 32.4 Å². The van der Waals surface area contributed by atoms with E-state index in [0.29, 0.717) is 12.8 Å². The van der Waals surface area contributed by atoms with Gasteiger partial charge in [0.05, 0.1) is 11.7 Å². The molecule has 208 valence electrons. The van der Waals surface area contributed by atoms with Crippen LogP contribution in [0.3, 0.4) is 0 Å². The zero-order valence-electron chi connectivity index (χ0n) is 23.7. The van der Waals surface area contributed by atoms with Crippen LogP contribution in [0.2, 0.25) is 0 Å². The van der Waals surface area contributed by atoms with Crippen molar-refractivity contribution in [2.75, 3.05) is 0 Å². The summed E-state index contributed by atoms with van der Waals surface area (Å²) in [6.07, 6.45) is 1.33. The third-order valence-corrected chi connectivity index (χ3v) is 11.5. The molecule has 0 aromatic carbocycles. The molecule has 4 N–H and O–H groups in total. The molecule has 0 amide bonds. The summed E-state index contributed by atoms with van der Waals surface area (Å²) in [5.74, 6) is -1.96. The fourth-order valence-electron chi connectivity index (χ4n) is 9.24. The fourth-order valence-corrected chi connectivity index (χ4v) is 9.24. The van der Waals surface area contributed by atoms with Crippen molar-refractivity contribution in [3.05, 3.63) is 11.6 Å². The summed E-state index contributed by atoms with van der Waals surface area (Å²) in [5.41, 5.74) is -5.10. The highest BCUT2D eigenvalue weighted by Crippen LogP contribution is 2.74. The minimum atomic E-state index is -1.86. The quantitative estimate of drug-likeness (QED) is 0.411. The Hall–Kier alpha value is -1.41. The molecule has 7 heteroatoms. The van der Waals surface area contributed by atoms with E-state index in [1.807, 2.05) is 27.7 Å². The molecular formula is C30H46O7. The summed E-state index contributed by atoms with van der Waals surface area (Å²) in [6.45, 7) is 14.3. The van der Waals surface area contributed by atoms with Gasteiger partial charge in [-0.15, -0.1) is 0 Å². The minimum Gasteiger partial charge on any atom is -0.393 e. The van der Waals surface area contributed by atoms with E-state index < -0.39 is 56.8 Å². The lowest BCUT2D eigenvalue weighted by atomic mass is 9.38. The summed E-state index contributed by atoms with van der Waals surface area (Å²) in [4.78, 5) is 40.4. The van der Waals surface area contributed by atoms with Crippen LogP contribution in [0.25, 0.3) is 0 Å². The van der Waals surface area contributed by atoms with Gasteiger partial charge in [0.2, 0.25) is 0 Å². The Balaban J connectivity index is 1.77. The standard InChI is InChI=1S/C30H46O7/c1-25(2,36)12-11-21(33)30(8,37)23-19(32)14-27(5)20-10-9-16-17(13-18(31)24(35)26(16,3)4)29(20,7)22(34)15-28(23,27)6/h9,17-20,23,31-32,36-37H,10-15H2,1-8H3/t17-,18+,19-,20+,23+,27-,28?,29+,30+/m1/s1. The molecule has 37 heavy (non-hydrogen) atoms. The second kappa shape index (κ2) is 8.30. The minimum absolute atomic E-state index is 0.00395. The number of carbonyl (C=O) groups excluding carboxylic acids is 3. The number of ketones is 3. The Kier molecular flexibility index (Phi) is 6.41. The van der Waals surface area contributed by atoms with Crippen molar-refractivity contribution >= 4 is 17.3 Å². The lowest BCUT2D eigenvalue weighted by Crippen LogP contribution is -2.65. The van der Waals surface area contributed by atoms with Gasteiger partial charge in [-0.25, -0.2) is 0 Å². The Morgan fingerprint density at radius 3 is 2.19 bits per heavy atom. The Bertz CT molecular complexity index is 1050. The van der Waals surface area contributed by atoms with Gasteiger partial charge in [-0.2, -0.15) is 0 Å². The van der Waals surface area contributed by atoms with Crippen LogP contribution in [0.5, 0.6) is 0 Å². The SMILES string of the molecule is CC(C)(O)CCC(=O)[C@](C)(O)[C@H]1[C@H](O)C[C@]2(C)[C@@H]3CC=C4[C@@H](C[C@H](O)C(=O)C4(C)C)[C@]3(C)C(=O)CC12C. The molecule has 0 saturated heterocycles. The first-order chi connectivity index (χ1) is 16.7. The molecule has 0 aliphatic heterocycles. The number of hydrogen-bond acceptors (Lipinski definition) is 7. The van der Waals surface area contributed by atoms with Crippen molar-refractivity contribution in [2.24, 2.45) is 39.4 Å². The lowest BCUT2D eigenvalue weighted by Gasteiger charge is -2.64. The smallest absolute Gasteiger partial charge is 0.170 e. The second-order valence-corrected chi connectivity index (χ2v) is 14.6. The Morgan fingerprint density at radius 1 is 1.03 bits per heavy atom. The molecule has 9 atom stereocenters. The second-order valence-electron chi connectivity index (χ2n) is 14.6. The maximum absolute atomic E-state index is 14.2. The fraction of sp³-hybridized carbons (Fsp3) is 0.833. The highest BCUT2D eigenvalue weighted by atomic mass is 16.3. The monoisotopic (exact) mass is 518 g/mol. The summed E-state index contributed by atoms with van der Waals surface area (Å²) in [5, 5.41) is 43.9. The molecule has 0 radical (unpaired) electrons. The Morgan fingerprint density at radius 2 is 1.62 bits per heavy atom. The van der Waals surface area contributed by atoms with Gasteiger partial charge in [0.15, 0.2) is 11.6 Å². The molecule has 4 rings (SSSR count). The highest BCUT2D eigenvalue weighted by molar-refractivity contribution is 5.95. The molecule has 3 fully saturated rings. The third-order valence-electron chi connectivity index (χ3n) is 11.5. The summed E-state index contributed by atoms with van der Waals surface area (Å²) in [7, 11) is 0. The molecule has 0 aromatic rings. The molecule has 3 saturated carbocycles. The number of allylic oxidation sites excluding steroid dienone is 2. The molecule has 4 aliphatic rings. The number of aliphatic hydroxyl groups excluding tert-OH is 2. The van der Waals surface area contributed by atoms with Gasteiger partial charge in [-0.3, -0.25) is 14.4 Å². The number of Topliss-reactive ketones (excluding diaryl/α,β-unsaturated/α-hetero) is 3. The van der Waals surface area contributed by atoms with E-state index in [9.17, 15) is 34.8 Å². The van der Waals surface area contributed by atoms with E-state index >= 15 is 0 Å². The van der Waals surface area contributed by atoms with Crippen LogP contribution in [0, 0.1) is 39.4 Å². The van der Waals surface area contributed by atoms with E-state index in [-0.39, 0.29) is 49.1 Å². The molecule has 0 heterocycles. The van der Waals surface area contributed by atoms with Gasteiger partial charge in [0, 0.05) is 29.6 Å². The average Bonchev–Trinajstić information content (AvgIpc) is 2.96. The maximum atomic E-state index is 14.2.